The Balaban J connectivity index is 2.41. The van der Waals surface area contributed by atoms with Crippen molar-refractivity contribution in [2.45, 2.75) is 140 Å². The lowest BCUT2D eigenvalue weighted by Gasteiger charge is -2.51. The highest BCUT2D eigenvalue weighted by Gasteiger charge is 2.63. The van der Waals surface area contributed by atoms with Crippen LogP contribution in [0.3, 0.4) is 0 Å². The Hall–Kier alpha value is -5.32. The monoisotopic (exact) mass is 885 g/mol. The number of aryl methyl sites for hydroxylation is 1. The first kappa shape index (κ1) is 50.0. The molecule has 338 valence electrons. The van der Waals surface area contributed by atoms with Gasteiger partial charge in [0.15, 0.2) is 24.4 Å². The van der Waals surface area contributed by atoms with Crippen LogP contribution in [0.1, 0.15) is 67.4 Å². The van der Waals surface area contributed by atoms with Gasteiger partial charge in [-0.2, -0.15) is 0 Å². The number of thioether (sulfide) groups is 1. The Bertz CT molecular complexity index is 1790. The van der Waals surface area contributed by atoms with Gasteiger partial charge in [0.1, 0.15) is 43.1 Å². The Labute approximate surface area is 355 Å². The topological polar surface area (TPSA) is 267 Å². The maximum atomic E-state index is 14.4. The van der Waals surface area contributed by atoms with Gasteiger partial charge >= 0.3 is 47.8 Å². The van der Waals surface area contributed by atoms with Gasteiger partial charge in [-0.15, -0.1) is 0 Å². The van der Waals surface area contributed by atoms with Crippen LogP contribution in [0.15, 0.2) is 29.2 Å². The number of carbonyl (C=O) groups is 9. The first-order valence-electron chi connectivity index (χ1n) is 18.8. The Kier molecular flexibility index (Phi) is 18.5. The number of nitrogens with one attached hydrogen (secondary N) is 1. The summed E-state index contributed by atoms with van der Waals surface area (Å²) < 4.78 is 63.2. The van der Waals surface area contributed by atoms with E-state index in [1.165, 1.54) is 0 Å². The third kappa shape index (κ3) is 14.7. The number of ether oxygens (including phenoxy) is 11. The number of methoxy groups -OCH3 is 1. The van der Waals surface area contributed by atoms with Crippen LogP contribution in [0.4, 0.5) is 0 Å². The summed E-state index contributed by atoms with van der Waals surface area (Å²) in [4.78, 5) is 115. The molecule has 22 heteroatoms. The van der Waals surface area contributed by atoms with Crippen LogP contribution < -0.4 is 5.32 Å². The molecule has 1 aromatic carbocycles. The molecule has 2 aliphatic heterocycles. The standard InChI is InChI=1S/C39H51NO20S/c1-18-11-13-27(14-12-18)61-37-36(57-26(9)48)35(33(56-25(8)47)30(58-37)17-52-21(4)43)60-39(38(49)50-10)15-28(53-22(5)44)31(40-19(2)41)34(59-39)32(55-24(7)46)29(54-23(6)45)16-51-20(3)42/h11-14,28-37H,15-17H2,1-10H3,(H,40,41)/t28-,29+,30+,31+,32+,33-,34+,35-,36+,37-,39-/m0/s1. The highest BCUT2D eigenvalue weighted by molar-refractivity contribution is 7.99. The number of hydrogen-bond donors (Lipinski definition) is 1. The molecule has 0 radical (unpaired) electrons. The largest absolute Gasteiger partial charge is 0.465 e. The summed E-state index contributed by atoms with van der Waals surface area (Å²) in [6, 6.07) is 5.53. The molecule has 1 N–H and O–H groups in total. The van der Waals surface area contributed by atoms with Gasteiger partial charge in [-0.3, -0.25) is 38.4 Å². The van der Waals surface area contributed by atoms with E-state index in [1.54, 1.807) is 24.3 Å². The first-order valence-corrected chi connectivity index (χ1v) is 19.7. The summed E-state index contributed by atoms with van der Waals surface area (Å²) in [5.41, 5.74) is -0.352. The molecule has 2 saturated heterocycles. The minimum atomic E-state index is -2.86. The van der Waals surface area contributed by atoms with Crippen molar-refractivity contribution in [3.63, 3.8) is 0 Å². The molecule has 0 aliphatic carbocycles. The van der Waals surface area contributed by atoms with Crippen molar-refractivity contribution in [2.75, 3.05) is 20.3 Å². The summed E-state index contributed by atoms with van der Waals surface area (Å²) in [5, 5.41) is 2.56. The van der Waals surface area contributed by atoms with Crippen molar-refractivity contribution >= 4 is 65.4 Å². The molecule has 11 atom stereocenters. The maximum Gasteiger partial charge on any atom is 0.366 e. The smallest absolute Gasteiger partial charge is 0.366 e. The van der Waals surface area contributed by atoms with E-state index in [2.05, 4.69) is 5.32 Å². The van der Waals surface area contributed by atoms with Gasteiger partial charge in [0.2, 0.25) is 5.91 Å². The number of rotatable bonds is 17. The van der Waals surface area contributed by atoms with Crippen LogP contribution >= 0.6 is 11.8 Å². The van der Waals surface area contributed by atoms with Gasteiger partial charge < -0.3 is 57.4 Å². The van der Waals surface area contributed by atoms with Crippen LogP contribution in [0.2, 0.25) is 0 Å². The summed E-state index contributed by atoms with van der Waals surface area (Å²) in [6.07, 6.45) is -14.5. The second-order valence-electron chi connectivity index (χ2n) is 13.9. The van der Waals surface area contributed by atoms with Crippen molar-refractivity contribution < 1.29 is 95.3 Å². The van der Waals surface area contributed by atoms with Crippen molar-refractivity contribution in [1.82, 2.24) is 5.32 Å². The molecular formula is C39H51NO20S. The van der Waals surface area contributed by atoms with Crippen LogP contribution in [0, 0.1) is 6.92 Å². The van der Waals surface area contributed by atoms with Crippen molar-refractivity contribution in [3.05, 3.63) is 29.8 Å². The Morgan fingerprint density at radius 1 is 0.738 bits per heavy atom. The molecule has 0 bridgehead atoms. The number of carbonyl (C=O) groups excluding carboxylic acids is 9. The maximum absolute atomic E-state index is 14.4. The number of esters is 8. The number of benzene rings is 1. The van der Waals surface area contributed by atoms with Gasteiger partial charge in [-0.05, 0) is 19.1 Å². The van der Waals surface area contributed by atoms with E-state index in [9.17, 15) is 43.2 Å². The fourth-order valence-corrected chi connectivity index (χ4v) is 7.69. The number of hydrogen-bond acceptors (Lipinski definition) is 21. The van der Waals surface area contributed by atoms with Crippen molar-refractivity contribution in [1.29, 1.82) is 0 Å². The molecule has 21 nitrogen and oxygen atoms in total. The van der Waals surface area contributed by atoms with Crippen LogP contribution in [-0.4, -0.2) is 140 Å². The quantitative estimate of drug-likeness (QED) is 0.170. The zero-order valence-corrected chi connectivity index (χ0v) is 36.1. The molecule has 1 amide bonds. The average molecular weight is 886 g/mol. The fraction of sp³-hybridized carbons (Fsp3) is 0.615. The normalized spacial score (nSPS) is 26.8. The van der Waals surface area contributed by atoms with E-state index in [1.807, 2.05) is 6.92 Å². The highest BCUT2D eigenvalue weighted by Crippen LogP contribution is 2.43. The predicted octanol–water partition coefficient (Wildman–Crippen LogP) is 1.14. The third-order valence-corrected chi connectivity index (χ3v) is 9.90. The van der Waals surface area contributed by atoms with Gasteiger partial charge in [0, 0.05) is 60.3 Å². The lowest BCUT2D eigenvalue weighted by Crippen LogP contribution is -2.71. The van der Waals surface area contributed by atoms with Crippen LogP contribution in [0.5, 0.6) is 0 Å². The zero-order valence-electron chi connectivity index (χ0n) is 35.3. The molecule has 0 aromatic heterocycles. The highest BCUT2D eigenvalue weighted by atomic mass is 32.2. The second-order valence-corrected chi connectivity index (χ2v) is 15.1. The summed E-state index contributed by atoms with van der Waals surface area (Å²) in [7, 11) is 0.940. The van der Waals surface area contributed by atoms with Gasteiger partial charge in [-0.25, -0.2) is 4.79 Å². The van der Waals surface area contributed by atoms with Crippen LogP contribution in [-0.2, 0) is 95.3 Å². The summed E-state index contributed by atoms with van der Waals surface area (Å²) in [5.74, 6) is -11.3. The van der Waals surface area contributed by atoms with E-state index in [4.69, 9.17) is 52.1 Å². The van der Waals surface area contributed by atoms with E-state index in [-0.39, 0.29) is 0 Å². The lowest BCUT2D eigenvalue weighted by molar-refractivity contribution is -0.351. The first-order chi connectivity index (χ1) is 28.5. The third-order valence-electron chi connectivity index (χ3n) is 8.74. The molecule has 3 rings (SSSR count). The van der Waals surface area contributed by atoms with Crippen molar-refractivity contribution in [3.8, 4) is 0 Å². The average Bonchev–Trinajstić information content (AvgIpc) is 3.14. The molecule has 0 unspecified atom stereocenters. The molecule has 1 aromatic rings. The molecule has 2 heterocycles. The number of amides is 1. The Morgan fingerprint density at radius 3 is 1.82 bits per heavy atom. The SMILES string of the molecule is COC(=O)[C@@]1(O[C@H]2[C@@H](OC(C)=O)[C@@H](COC(C)=O)O[C@@H](Sc3ccc(C)cc3)[C@@H]2OC(C)=O)C[C@H](OC(C)=O)[C@@H](NC(C)=O)[C@H]([C@H](OC(C)=O)[C@@H](COC(C)=O)OC(C)=O)O1. The molecule has 2 fully saturated rings. The minimum absolute atomic E-state index is 0.561. The molecule has 2 aliphatic rings. The molecular weight excluding hydrogens is 834 g/mol. The van der Waals surface area contributed by atoms with E-state index in [0.717, 1.165) is 79.8 Å². The van der Waals surface area contributed by atoms with Gasteiger partial charge in [-0.1, -0.05) is 29.5 Å². The van der Waals surface area contributed by atoms with Crippen LogP contribution in [0.25, 0.3) is 0 Å². The van der Waals surface area contributed by atoms with Gasteiger partial charge in [0.05, 0.1) is 19.6 Å². The molecule has 0 saturated carbocycles. The van der Waals surface area contributed by atoms with Crippen molar-refractivity contribution in [2.24, 2.45) is 0 Å². The second kappa shape index (κ2) is 22.5. The van der Waals surface area contributed by atoms with E-state index < -0.39 is 139 Å². The molecule has 61 heavy (non-hydrogen) atoms. The minimum Gasteiger partial charge on any atom is -0.465 e. The van der Waals surface area contributed by atoms with Gasteiger partial charge in [0.25, 0.3) is 5.79 Å². The summed E-state index contributed by atoms with van der Waals surface area (Å²) in [6.45, 7) is 8.87. The Morgan fingerprint density at radius 2 is 1.31 bits per heavy atom. The summed E-state index contributed by atoms with van der Waals surface area (Å²) >= 11 is 1.03. The lowest BCUT2D eigenvalue weighted by atomic mass is 9.87. The zero-order chi connectivity index (χ0) is 45.8. The predicted molar refractivity (Wildman–Crippen MR) is 203 cm³/mol. The fourth-order valence-electron chi connectivity index (χ4n) is 6.58. The van der Waals surface area contributed by atoms with E-state index in [0.29, 0.717) is 4.90 Å². The van der Waals surface area contributed by atoms with E-state index >= 15 is 0 Å². The molecule has 0 spiro atoms.